The molecule has 4 unspecified atom stereocenters. The molecule has 4 atom stereocenters. The van der Waals surface area contributed by atoms with Gasteiger partial charge in [-0.05, 0) is 42.9 Å². The number of ether oxygens (including phenoxy) is 1. The van der Waals surface area contributed by atoms with Crippen LogP contribution >= 0.6 is 0 Å². The van der Waals surface area contributed by atoms with Crippen molar-refractivity contribution in [3.8, 4) is 0 Å². The number of carbonyl (C=O) groups excluding carboxylic acids is 1. The first-order valence-electron chi connectivity index (χ1n) is 5.98. The molecule has 0 aromatic carbocycles. The first-order chi connectivity index (χ1) is 6.83. The van der Waals surface area contributed by atoms with Crippen molar-refractivity contribution in [1.82, 2.24) is 0 Å². The third-order valence-corrected chi connectivity index (χ3v) is 4.04. The Labute approximate surface area is 86.0 Å². The summed E-state index contributed by atoms with van der Waals surface area (Å²) >= 11 is 0. The molecule has 80 valence electrons. The summed E-state index contributed by atoms with van der Waals surface area (Å²) in [6, 6.07) is 0. The topological polar surface area (TPSA) is 26.3 Å². The van der Waals surface area contributed by atoms with Gasteiger partial charge in [-0.15, -0.1) is 0 Å². The molecule has 4 fully saturated rings. The monoisotopic (exact) mass is 196 g/mol. The van der Waals surface area contributed by atoms with E-state index in [2.05, 4.69) is 0 Å². The molecule has 2 aliphatic heterocycles. The lowest BCUT2D eigenvalue weighted by Gasteiger charge is -2.30. The number of carbonyl (C=O) groups is 1. The molecule has 14 heavy (non-hydrogen) atoms. The van der Waals surface area contributed by atoms with E-state index in [0.717, 1.165) is 17.8 Å². The Bertz CT molecular complexity index is 224. The molecular weight excluding hydrogens is 176 g/mol. The number of hydrogen-bond donors (Lipinski definition) is 0. The van der Waals surface area contributed by atoms with Crippen LogP contribution in [-0.2, 0) is 9.53 Å². The van der Waals surface area contributed by atoms with E-state index in [9.17, 15) is 4.79 Å². The molecule has 0 aromatic rings. The molecule has 0 aromatic heterocycles. The average Bonchev–Trinajstić information content (AvgIpc) is 2.74. The lowest BCUT2D eigenvalue weighted by molar-refractivity contribution is -0.149. The molecule has 2 saturated carbocycles. The van der Waals surface area contributed by atoms with Crippen molar-refractivity contribution in [2.45, 2.75) is 39.5 Å². The maximum absolute atomic E-state index is 11.2. The van der Waals surface area contributed by atoms with Crippen molar-refractivity contribution in [3.05, 3.63) is 0 Å². The van der Waals surface area contributed by atoms with E-state index in [1.165, 1.54) is 19.3 Å². The fourth-order valence-corrected chi connectivity index (χ4v) is 3.44. The van der Waals surface area contributed by atoms with E-state index < -0.39 is 0 Å². The molecule has 2 heteroatoms. The van der Waals surface area contributed by atoms with Gasteiger partial charge in [-0.25, -0.2) is 0 Å². The van der Waals surface area contributed by atoms with Crippen LogP contribution in [0.4, 0.5) is 0 Å². The van der Waals surface area contributed by atoms with E-state index in [0.29, 0.717) is 18.9 Å². The summed E-state index contributed by atoms with van der Waals surface area (Å²) < 4.78 is 5.17. The molecule has 2 nitrogen and oxygen atoms in total. The van der Waals surface area contributed by atoms with Crippen LogP contribution in [0.25, 0.3) is 0 Å². The molecule has 4 aliphatic rings. The highest BCUT2D eigenvalue weighted by molar-refractivity contribution is 5.70. The second kappa shape index (κ2) is 3.92. The van der Waals surface area contributed by atoms with E-state index in [-0.39, 0.29) is 5.97 Å². The van der Waals surface area contributed by atoms with E-state index in [1.54, 1.807) is 0 Å². The lowest BCUT2D eigenvalue weighted by atomic mass is 9.80. The van der Waals surface area contributed by atoms with Crippen molar-refractivity contribution >= 4 is 5.97 Å². The Balaban J connectivity index is 0.000000354. The van der Waals surface area contributed by atoms with Gasteiger partial charge in [0.05, 0.1) is 6.61 Å². The summed E-state index contributed by atoms with van der Waals surface area (Å²) in [6.45, 7) is 4.72. The van der Waals surface area contributed by atoms with Gasteiger partial charge in [0, 0.05) is 6.42 Å². The van der Waals surface area contributed by atoms with Gasteiger partial charge >= 0.3 is 5.97 Å². The lowest BCUT2D eigenvalue weighted by Crippen LogP contribution is -2.29. The summed E-state index contributed by atoms with van der Waals surface area (Å²) in [5, 5.41) is 0. The van der Waals surface area contributed by atoms with Crippen LogP contribution in [0.1, 0.15) is 39.5 Å². The van der Waals surface area contributed by atoms with E-state index >= 15 is 0 Å². The van der Waals surface area contributed by atoms with Crippen LogP contribution in [-0.4, -0.2) is 12.6 Å². The third kappa shape index (κ3) is 1.55. The highest BCUT2D eigenvalue weighted by Crippen LogP contribution is 2.53. The minimum Gasteiger partial charge on any atom is -0.465 e. The van der Waals surface area contributed by atoms with Crippen molar-refractivity contribution in [2.75, 3.05) is 6.61 Å². The quantitative estimate of drug-likeness (QED) is 0.557. The molecule has 0 N–H and O–H groups in total. The SMILES string of the molecule is CC.O=C1CC2CC3CC2CC3CO1. The van der Waals surface area contributed by atoms with Crippen molar-refractivity contribution in [1.29, 1.82) is 0 Å². The van der Waals surface area contributed by atoms with E-state index in [1.807, 2.05) is 13.8 Å². The summed E-state index contributed by atoms with van der Waals surface area (Å²) in [4.78, 5) is 11.2. The van der Waals surface area contributed by atoms with Crippen molar-refractivity contribution in [2.24, 2.45) is 23.7 Å². The molecule has 0 amide bonds. The molecule has 0 spiro atoms. The molecule has 2 heterocycles. The summed E-state index contributed by atoms with van der Waals surface area (Å²) in [7, 11) is 0. The average molecular weight is 196 g/mol. The molecule has 0 radical (unpaired) electrons. The minimum atomic E-state index is 0.0510. The fraction of sp³-hybridized carbons (Fsp3) is 0.917. The first-order valence-corrected chi connectivity index (χ1v) is 5.98. The third-order valence-electron chi connectivity index (χ3n) is 4.04. The Kier molecular flexibility index (Phi) is 2.80. The largest absolute Gasteiger partial charge is 0.465 e. The Morgan fingerprint density at radius 1 is 1.00 bits per heavy atom. The molecular formula is C12H20O2. The van der Waals surface area contributed by atoms with Gasteiger partial charge in [-0.3, -0.25) is 4.79 Å². The summed E-state index contributed by atoms with van der Waals surface area (Å²) in [5.41, 5.74) is 0. The van der Waals surface area contributed by atoms with Gasteiger partial charge in [0.25, 0.3) is 0 Å². The molecule has 2 aliphatic carbocycles. The van der Waals surface area contributed by atoms with Crippen molar-refractivity contribution in [3.63, 3.8) is 0 Å². The van der Waals surface area contributed by atoms with Crippen LogP contribution < -0.4 is 0 Å². The van der Waals surface area contributed by atoms with Gasteiger partial charge in [-0.1, -0.05) is 13.8 Å². The summed E-state index contributed by atoms with van der Waals surface area (Å²) in [6.07, 6.45) is 4.73. The highest BCUT2D eigenvalue weighted by Gasteiger charge is 2.48. The second-order valence-corrected chi connectivity index (χ2v) is 4.63. The van der Waals surface area contributed by atoms with Gasteiger partial charge in [0.1, 0.15) is 0 Å². The van der Waals surface area contributed by atoms with E-state index in [4.69, 9.17) is 4.74 Å². The van der Waals surface area contributed by atoms with Crippen LogP contribution in [0, 0.1) is 23.7 Å². The number of fused-ring (bicyclic) bond motifs is 3. The molecule has 4 bridgehead atoms. The van der Waals surface area contributed by atoms with Crippen LogP contribution in [0.15, 0.2) is 0 Å². The second-order valence-electron chi connectivity index (χ2n) is 4.63. The predicted octanol–water partition coefficient (Wildman–Crippen LogP) is 2.62. The smallest absolute Gasteiger partial charge is 0.306 e. The van der Waals surface area contributed by atoms with Crippen LogP contribution in [0.5, 0.6) is 0 Å². The standard InChI is InChI=1S/C10H14O2.C2H6/c11-10-4-8-2-7-1-6(8)3-9(7)5-12-10;1-2/h6-9H,1-5H2;1-2H3. The zero-order valence-electron chi connectivity index (χ0n) is 9.16. The first kappa shape index (κ1) is 10.0. The maximum Gasteiger partial charge on any atom is 0.306 e. The highest BCUT2D eigenvalue weighted by atomic mass is 16.5. The number of hydrogen-bond acceptors (Lipinski definition) is 2. The fourth-order valence-electron chi connectivity index (χ4n) is 3.44. The zero-order chi connectivity index (χ0) is 10.1. The molecule has 4 rings (SSSR count). The predicted molar refractivity (Wildman–Crippen MR) is 54.7 cm³/mol. The number of rotatable bonds is 0. The minimum absolute atomic E-state index is 0.0510. The maximum atomic E-state index is 11.2. The van der Waals surface area contributed by atoms with Crippen molar-refractivity contribution < 1.29 is 9.53 Å². The zero-order valence-corrected chi connectivity index (χ0v) is 9.16. The van der Waals surface area contributed by atoms with Gasteiger partial charge in [0.15, 0.2) is 0 Å². The summed E-state index contributed by atoms with van der Waals surface area (Å²) in [5.74, 6) is 3.21. The van der Waals surface area contributed by atoms with Gasteiger partial charge in [0.2, 0.25) is 0 Å². The Morgan fingerprint density at radius 2 is 1.57 bits per heavy atom. The van der Waals surface area contributed by atoms with Gasteiger partial charge in [-0.2, -0.15) is 0 Å². The van der Waals surface area contributed by atoms with Crippen LogP contribution in [0.3, 0.4) is 0 Å². The Morgan fingerprint density at radius 3 is 2.21 bits per heavy atom. The number of esters is 1. The van der Waals surface area contributed by atoms with Crippen LogP contribution in [0.2, 0.25) is 0 Å². The molecule has 2 saturated heterocycles. The normalized spacial score (nSPS) is 43.7. The Hall–Kier alpha value is -0.530. The van der Waals surface area contributed by atoms with Gasteiger partial charge < -0.3 is 4.74 Å².